The van der Waals surface area contributed by atoms with Gasteiger partial charge in [0.15, 0.2) is 5.65 Å². The van der Waals surface area contributed by atoms with Crippen LogP contribution in [0.2, 0.25) is 0 Å². The average Bonchev–Trinajstić information content (AvgIpc) is 3.07. The van der Waals surface area contributed by atoms with Crippen LogP contribution in [-0.2, 0) is 4.74 Å². The number of benzene rings is 1. The number of aromatic nitrogens is 4. The Morgan fingerprint density at radius 3 is 2.77 bits per heavy atom. The highest BCUT2D eigenvalue weighted by Crippen LogP contribution is 2.29. The number of alkyl halides is 2. The van der Waals surface area contributed by atoms with Gasteiger partial charge in [-0.3, -0.25) is 9.78 Å². The largest absolute Gasteiger partial charge is 0.378 e. The maximum Gasteiger partial charge on any atom is 0.265 e. The number of hydrogen-bond donors (Lipinski definition) is 1. The van der Waals surface area contributed by atoms with Gasteiger partial charge in [-0.2, -0.15) is 4.98 Å². The lowest BCUT2D eigenvalue weighted by Crippen LogP contribution is -2.38. The van der Waals surface area contributed by atoms with Gasteiger partial charge in [-0.1, -0.05) is 15.9 Å². The second-order valence-corrected chi connectivity index (χ2v) is 6.72. The van der Waals surface area contributed by atoms with Crippen LogP contribution < -0.4 is 10.5 Å². The van der Waals surface area contributed by atoms with Crippen LogP contribution in [0.25, 0.3) is 16.7 Å². The fourth-order valence-corrected chi connectivity index (χ4v) is 3.24. The highest BCUT2D eigenvalue weighted by molar-refractivity contribution is 9.10. The number of morpholine rings is 1. The Kier molecular flexibility index (Phi) is 4.45. The highest BCUT2D eigenvalue weighted by Gasteiger charge is 2.19. The minimum absolute atomic E-state index is 0.183. The number of anilines is 1. The molecule has 2 aromatic heterocycles. The van der Waals surface area contributed by atoms with Gasteiger partial charge in [0.2, 0.25) is 5.95 Å². The maximum atomic E-state index is 13.4. The molecule has 0 aliphatic carbocycles. The summed E-state index contributed by atoms with van der Waals surface area (Å²) >= 11 is 3.19. The molecule has 0 saturated carbocycles. The normalized spacial score (nSPS) is 15.2. The number of rotatable bonds is 3. The van der Waals surface area contributed by atoms with Gasteiger partial charge in [0.1, 0.15) is 5.39 Å². The number of H-pyrrole nitrogens is 1. The van der Waals surface area contributed by atoms with Crippen molar-refractivity contribution in [1.29, 1.82) is 0 Å². The zero-order valence-corrected chi connectivity index (χ0v) is 15.0. The van der Waals surface area contributed by atoms with E-state index < -0.39 is 6.43 Å². The van der Waals surface area contributed by atoms with Crippen LogP contribution in [0.1, 0.15) is 12.0 Å². The molecule has 0 spiro atoms. The van der Waals surface area contributed by atoms with Gasteiger partial charge in [0, 0.05) is 29.3 Å². The smallest absolute Gasteiger partial charge is 0.265 e. The van der Waals surface area contributed by atoms with Crippen molar-refractivity contribution in [3.8, 4) is 5.69 Å². The number of hydrogen-bond acceptors (Lipinski definition) is 5. The summed E-state index contributed by atoms with van der Waals surface area (Å²) in [5.41, 5.74) is -0.137. The minimum atomic E-state index is -2.68. The van der Waals surface area contributed by atoms with E-state index in [1.807, 2.05) is 4.90 Å². The van der Waals surface area contributed by atoms with Crippen molar-refractivity contribution >= 4 is 32.9 Å². The van der Waals surface area contributed by atoms with Crippen LogP contribution in [0, 0.1) is 0 Å². The third-order valence-corrected chi connectivity index (χ3v) is 4.65. The summed E-state index contributed by atoms with van der Waals surface area (Å²) in [5.74, 6) is 0.404. The van der Waals surface area contributed by atoms with E-state index in [4.69, 9.17) is 4.74 Å². The van der Waals surface area contributed by atoms with Gasteiger partial charge < -0.3 is 9.64 Å². The molecule has 10 heteroatoms. The molecule has 0 amide bonds. The van der Waals surface area contributed by atoms with Crippen molar-refractivity contribution in [2.24, 2.45) is 0 Å². The van der Waals surface area contributed by atoms with E-state index >= 15 is 0 Å². The molecular formula is C16H14BrF2N5O2. The molecule has 1 fully saturated rings. The van der Waals surface area contributed by atoms with Gasteiger partial charge in [-0.15, -0.1) is 5.10 Å². The Labute approximate surface area is 154 Å². The first kappa shape index (κ1) is 17.1. The lowest BCUT2D eigenvalue weighted by atomic mass is 10.2. The summed E-state index contributed by atoms with van der Waals surface area (Å²) < 4.78 is 33.8. The summed E-state index contributed by atoms with van der Waals surface area (Å²) in [5, 5.41) is 4.49. The third kappa shape index (κ3) is 3.10. The summed E-state index contributed by atoms with van der Waals surface area (Å²) in [6.45, 7) is 2.31. The first-order valence-electron chi connectivity index (χ1n) is 7.93. The molecule has 7 nitrogen and oxygen atoms in total. The number of nitrogens with one attached hydrogen (secondary N) is 1. The highest BCUT2D eigenvalue weighted by atomic mass is 79.9. The van der Waals surface area contributed by atoms with Crippen molar-refractivity contribution in [2.45, 2.75) is 6.43 Å². The monoisotopic (exact) mass is 425 g/mol. The van der Waals surface area contributed by atoms with Crippen LogP contribution in [0.3, 0.4) is 0 Å². The number of nitrogens with zero attached hydrogens (tertiary/aromatic N) is 4. The van der Waals surface area contributed by atoms with Crippen molar-refractivity contribution < 1.29 is 13.5 Å². The van der Waals surface area contributed by atoms with E-state index in [0.717, 1.165) is 0 Å². The molecule has 1 aromatic carbocycles. The number of aromatic amines is 1. The average molecular weight is 426 g/mol. The summed E-state index contributed by atoms with van der Waals surface area (Å²) in [6.07, 6.45) is -1.26. The Morgan fingerprint density at radius 2 is 2.04 bits per heavy atom. The molecule has 0 atom stereocenters. The molecule has 1 aliphatic heterocycles. The van der Waals surface area contributed by atoms with E-state index in [0.29, 0.717) is 36.7 Å². The van der Waals surface area contributed by atoms with Crippen molar-refractivity contribution in [1.82, 2.24) is 19.7 Å². The zero-order chi connectivity index (χ0) is 18.3. The van der Waals surface area contributed by atoms with E-state index in [1.54, 1.807) is 6.07 Å². The Morgan fingerprint density at radius 1 is 1.27 bits per heavy atom. The molecule has 0 unspecified atom stereocenters. The molecule has 26 heavy (non-hydrogen) atoms. The van der Waals surface area contributed by atoms with Crippen LogP contribution >= 0.6 is 15.9 Å². The topological polar surface area (TPSA) is 76.0 Å². The minimum Gasteiger partial charge on any atom is -0.378 e. The lowest BCUT2D eigenvalue weighted by Gasteiger charge is -2.26. The molecule has 1 N–H and O–H groups in total. The van der Waals surface area contributed by atoms with Crippen molar-refractivity contribution in [2.75, 3.05) is 31.2 Å². The molecule has 0 radical (unpaired) electrons. The Bertz CT molecular complexity index is 1010. The standard InChI is InChI=1S/C16H14BrF2N5O2/c17-9-1-2-12(10(7-9)13(18)19)24-8-11-14(22-24)20-16(21-15(11)25)23-3-5-26-6-4-23/h1-2,7-8,13H,3-6H2,(H,20,21,22,25). The quantitative estimate of drug-likeness (QED) is 0.697. The predicted octanol–water partition coefficient (Wildman–Crippen LogP) is 2.65. The summed E-state index contributed by atoms with van der Waals surface area (Å²) in [4.78, 5) is 21.4. The van der Waals surface area contributed by atoms with Gasteiger partial charge in [0.25, 0.3) is 12.0 Å². The molecule has 136 valence electrons. The van der Waals surface area contributed by atoms with Gasteiger partial charge in [-0.05, 0) is 18.2 Å². The van der Waals surface area contributed by atoms with E-state index in [-0.39, 0.29) is 27.8 Å². The van der Waals surface area contributed by atoms with Crippen molar-refractivity contribution in [3.63, 3.8) is 0 Å². The fourth-order valence-electron chi connectivity index (χ4n) is 2.86. The summed E-state index contributed by atoms with van der Waals surface area (Å²) in [6, 6.07) is 4.50. The second kappa shape index (κ2) is 6.76. The van der Waals surface area contributed by atoms with Gasteiger partial charge in [0.05, 0.1) is 18.9 Å². The first-order chi connectivity index (χ1) is 12.5. The molecule has 3 heterocycles. The zero-order valence-electron chi connectivity index (χ0n) is 13.5. The first-order valence-corrected chi connectivity index (χ1v) is 8.72. The van der Waals surface area contributed by atoms with Gasteiger partial charge in [-0.25, -0.2) is 13.5 Å². The maximum absolute atomic E-state index is 13.4. The van der Waals surface area contributed by atoms with Crippen LogP contribution in [-0.4, -0.2) is 46.1 Å². The van der Waals surface area contributed by atoms with Crippen LogP contribution in [0.5, 0.6) is 0 Å². The molecule has 4 rings (SSSR count). The van der Waals surface area contributed by atoms with Crippen LogP contribution in [0.15, 0.2) is 33.7 Å². The van der Waals surface area contributed by atoms with Gasteiger partial charge >= 0.3 is 0 Å². The van der Waals surface area contributed by atoms with Crippen LogP contribution in [0.4, 0.5) is 14.7 Å². The van der Waals surface area contributed by atoms with E-state index in [9.17, 15) is 13.6 Å². The molecular weight excluding hydrogens is 412 g/mol. The number of ether oxygens (including phenoxy) is 1. The Hall–Kier alpha value is -2.33. The molecule has 3 aromatic rings. The van der Waals surface area contributed by atoms with E-state index in [2.05, 4.69) is 31.0 Å². The SMILES string of the molecule is O=c1[nH]c(N2CCOCC2)nc2nn(-c3ccc(Br)cc3C(F)F)cc12. The summed E-state index contributed by atoms with van der Waals surface area (Å²) in [7, 11) is 0. The van der Waals surface area contributed by atoms with Crippen molar-refractivity contribution in [3.05, 3.63) is 44.8 Å². The predicted molar refractivity (Wildman–Crippen MR) is 95.2 cm³/mol. The molecule has 1 aliphatic rings. The number of fused-ring (bicyclic) bond motifs is 1. The Balaban J connectivity index is 1.81. The fraction of sp³-hybridized carbons (Fsp3) is 0.312. The number of halogens is 3. The second-order valence-electron chi connectivity index (χ2n) is 5.80. The molecule has 1 saturated heterocycles. The van der Waals surface area contributed by atoms with E-state index in [1.165, 1.54) is 23.0 Å². The molecule has 0 bridgehead atoms. The third-order valence-electron chi connectivity index (χ3n) is 4.16. The lowest BCUT2D eigenvalue weighted by molar-refractivity contribution is 0.122.